The topological polar surface area (TPSA) is 141 Å². The molecule has 12 heteroatoms. The number of hydrogen-bond acceptors (Lipinski definition) is 7. The number of benzene rings is 2. The summed E-state index contributed by atoms with van der Waals surface area (Å²) in [5, 5.41) is 6.05. The molecule has 2 aromatic carbocycles. The van der Waals surface area contributed by atoms with Gasteiger partial charge in [0.25, 0.3) is 5.91 Å². The third-order valence-electron chi connectivity index (χ3n) is 7.88. The molecule has 0 bridgehead atoms. The first-order valence-corrected chi connectivity index (χ1v) is 15.5. The molecule has 5 rings (SSSR count). The number of halogens is 2. The second kappa shape index (κ2) is 10.4. The van der Waals surface area contributed by atoms with Crippen LogP contribution in [0.1, 0.15) is 54.6 Å². The summed E-state index contributed by atoms with van der Waals surface area (Å²) in [4.78, 5) is 26.5. The van der Waals surface area contributed by atoms with Crippen LogP contribution < -0.4 is 21.1 Å². The van der Waals surface area contributed by atoms with Gasteiger partial charge < -0.3 is 25.5 Å². The minimum absolute atomic E-state index is 0.00433. The van der Waals surface area contributed by atoms with Gasteiger partial charge in [0.15, 0.2) is 5.76 Å². The summed E-state index contributed by atoms with van der Waals surface area (Å²) in [6.07, 6.45) is 1.17. The Morgan fingerprint density at radius 2 is 1.63 bits per heavy atom. The highest BCUT2D eigenvalue weighted by Gasteiger charge is 2.52. The predicted molar refractivity (Wildman–Crippen MR) is 150 cm³/mol. The first kappa shape index (κ1) is 29.0. The molecule has 0 atom stereocenters. The number of methoxy groups -OCH3 is 1. The molecular formula is C29H33F2N3O6S. The summed E-state index contributed by atoms with van der Waals surface area (Å²) in [6, 6.07) is 12.4. The van der Waals surface area contributed by atoms with Crippen LogP contribution >= 0.6 is 0 Å². The van der Waals surface area contributed by atoms with Crippen LogP contribution in [0, 0.1) is 0 Å². The minimum atomic E-state index is -3.13. The van der Waals surface area contributed by atoms with Crippen LogP contribution in [0.25, 0.3) is 22.1 Å². The van der Waals surface area contributed by atoms with Gasteiger partial charge in [-0.2, -0.15) is 0 Å². The van der Waals surface area contributed by atoms with Gasteiger partial charge in [-0.25, -0.2) is 17.2 Å². The number of alkyl halides is 2. The maximum Gasteiger partial charge on any atom is 0.287 e. The van der Waals surface area contributed by atoms with Crippen molar-refractivity contribution in [3.63, 3.8) is 0 Å². The summed E-state index contributed by atoms with van der Waals surface area (Å²) in [5.74, 6) is -3.64. The fourth-order valence-corrected chi connectivity index (χ4v) is 5.68. The molecule has 3 aromatic rings. The van der Waals surface area contributed by atoms with Crippen molar-refractivity contribution in [2.45, 2.75) is 62.1 Å². The molecule has 0 radical (unpaired) electrons. The highest BCUT2D eigenvalue weighted by molar-refractivity contribution is 7.90. The molecule has 4 N–H and O–H groups in total. The number of rotatable bonds is 9. The van der Waals surface area contributed by atoms with Crippen molar-refractivity contribution >= 4 is 32.6 Å². The zero-order valence-electron chi connectivity index (χ0n) is 22.9. The van der Waals surface area contributed by atoms with Crippen LogP contribution in [0.5, 0.6) is 5.75 Å². The van der Waals surface area contributed by atoms with E-state index in [2.05, 4.69) is 10.6 Å². The molecule has 220 valence electrons. The van der Waals surface area contributed by atoms with Crippen LogP contribution in [0.4, 0.5) is 8.78 Å². The lowest BCUT2D eigenvalue weighted by atomic mass is 9.78. The van der Waals surface area contributed by atoms with Crippen molar-refractivity contribution in [3.8, 4) is 16.9 Å². The molecule has 0 spiro atoms. The fraction of sp³-hybridized carbons (Fsp3) is 0.448. The molecule has 1 aromatic heterocycles. The standard InChI is InChI=1S/C29H33F2N3O6S/c1-39-22-15-19(4-3-18(22)7-14-41(2,37)38)20-5-6-21-17-24(40-23(21)16-20)25(35)33-27(8-10-28(30,31)11-9-27)26(36)34-29(32)12-13-29/h3-6,15-17H,7-14,32H2,1-2H3,(H,33,35)(H,34,36). The Balaban J connectivity index is 1.37. The van der Waals surface area contributed by atoms with E-state index in [-0.39, 0.29) is 24.4 Å². The lowest BCUT2D eigenvalue weighted by molar-refractivity contribution is -0.134. The number of carbonyl (C=O) groups excluding carboxylic acids is 2. The molecule has 2 fully saturated rings. The van der Waals surface area contributed by atoms with Crippen molar-refractivity contribution in [2.24, 2.45) is 5.73 Å². The van der Waals surface area contributed by atoms with Gasteiger partial charge in [-0.15, -0.1) is 0 Å². The Morgan fingerprint density at radius 1 is 0.976 bits per heavy atom. The summed E-state index contributed by atoms with van der Waals surface area (Å²) in [6.45, 7) is 0. The number of fused-ring (bicyclic) bond motifs is 1. The molecule has 1 heterocycles. The van der Waals surface area contributed by atoms with Gasteiger partial charge in [0.05, 0.1) is 18.5 Å². The van der Waals surface area contributed by atoms with Gasteiger partial charge in [-0.3, -0.25) is 9.59 Å². The maximum absolute atomic E-state index is 14.0. The molecule has 2 aliphatic carbocycles. The SMILES string of the molecule is COc1cc(-c2ccc3cc(C(=O)NC4(C(=O)NC5(N)CC5)CCC(F)(F)CC4)oc3c2)ccc1CCS(C)(=O)=O. The van der Waals surface area contributed by atoms with Crippen LogP contribution in [-0.2, 0) is 21.1 Å². The second-order valence-corrected chi connectivity index (χ2v) is 13.5. The molecule has 0 saturated heterocycles. The van der Waals surface area contributed by atoms with Crippen molar-refractivity contribution in [3.05, 3.63) is 53.8 Å². The van der Waals surface area contributed by atoms with Crippen molar-refractivity contribution < 1.29 is 35.9 Å². The summed E-state index contributed by atoms with van der Waals surface area (Å²) in [5.41, 5.74) is 6.40. The molecule has 41 heavy (non-hydrogen) atoms. The number of sulfone groups is 1. The Morgan fingerprint density at radius 3 is 2.27 bits per heavy atom. The number of nitrogens with one attached hydrogen (secondary N) is 2. The Labute approximate surface area is 236 Å². The second-order valence-electron chi connectivity index (χ2n) is 11.3. The third-order valence-corrected chi connectivity index (χ3v) is 8.83. The summed E-state index contributed by atoms with van der Waals surface area (Å²) < 4.78 is 62.4. The molecule has 2 amide bonds. The van der Waals surface area contributed by atoms with Crippen LogP contribution in [0.15, 0.2) is 46.9 Å². The van der Waals surface area contributed by atoms with Crippen LogP contribution in [0.3, 0.4) is 0 Å². The number of amides is 2. The summed E-state index contributed by atoms with van der Waals surface area (Å²) >= 11 is 0. The zero-order valence-corrected chi connectivity index (χ0v) is 23.7. The smallest absolute Gasteiger partial charge is 0.287 e. The van der Waals surface area contributed by atoms with E-state index in [1.54, 1.807) is 18.2 Å². The lowest BCUT2D eigenvalue weighted by Crippen LogP contribution is -2.64. The fourth-order valence-electron chi connectivity index (χ4n) is 5.08. The average Bonchev–Trinajstić information content (AvgIpc) is 3.48. The number of ether oxygens (including phenoxy) is 1. The Kier molecular flexibility index (Phi) is 7.35. The highest BCUT2D eigenvalue weighted by Crippen LogP contribution is 2.40. The average molecular weight is 590 g/mol. The Bertz CT molecular complexity index is 1600. The van der Waals surface area contributed by atoms with E-state index in [1.165, 1.54) is 19.4 Å². The monoisotopic (exact) mass is 589 g/mol. The van der Waals surface area contributed by atoms with E-state index in [0.717, 1.165) is 16.7 Å². The number of hydrogen-bond donors (Lipinski definition) is 3. The molecule has 0 aliphatic heterocycles. The first-order valence-electron chi connectivity index (χ1n) is 13.4. The maximum atomic E-state index is 14.0. The van der Waals surface area contributed by atoms with E-state index in [4.69, 9.17) is 14.9 Å². The zero-order chi connectivity index (χ0) is 29.6. The van der Waals surface area contributed by atoms with Gasteiger partial charge >= 0.3 is 0 Å². The normalized spacial score (nSPS) is 19.0. The van der Waals surface area contributed by atoms with Crippen molar-refractivity contribution in [1.29, 1.82) is 0 Å². The molecule has 2 saturated carbocycles. The van der Waals surface area contributed by atoms with E-state index >= 15 is 0 Å². The molecule has 9 nitrogen and oxygen atoms in total. The van der Waals surface area contributed by atoms with E-state index < -0.39 is 51.6 Å². The lowest BCUT2D eigenvalue weighted by Gasteiger charge is -2.39. The van der Waals surface area contributed by atoms with Crippen molar-refractivity contribution in [2.75, 3.05) is 19.1 Å². The largest absolute Gasteiger partial charge is 0.496 e. The minimum Gasteiger partial charge on any atom is -0.496 e. The van der Waals surface area contributed by atoms with Crippen LogP contribution in [-0.4, -0.2) is 56.5 Å². The highest BCUT2D eigenvalue weighted by atomic mass is 32.2. The number of nitrogens with two attached hydrogens (primary N) is 1. The quantitative estimate of drug-likeness (QED) is 0.321. The third kappa shape index (κ3) is 6.54. The number of aryl methyl sites for hydroxylation is 1. The van der Waals surface area contributed by atoms with Gasteiger partial charge in [-0.05, 0) is 67.0 Å². The number of carbonyl (C=O) groups is 2. The van der Waals surface area contributed by atoms with Crippen LogP contribution in [0.2, 0.25) is 0 Å². The predicted octanol–water partition coefficient (Wildman–Crippen LogP) is 3.94. The van der Waals surface area contributed by atoms with Gasteiger partial charge in [-0.1, -0.05) is 24.3 Å². The van der Waals surface area contributed by atoms with Gasteiger partial charge in [0, 0.05) is 24.5 Å². The van der Waals surface area contributed by atoms with E-state index in [0.29, 0.717) is 36.0 Å². The molecule has 0 unspecified atom stereocenters. The van der Waals surface area contributed by atoms with E-state index in [1.807, 2.05) is 18.2 Å². The Hall–Kier alpha value is -3.51. The first-order chi connectivity index (χ1) is 19.2. The molecular weight excluding hydrogens is 556 g/mol. The molecule has 2 aliphatic rings. The van der Waals surface area contributed by atoms with Gasteiger partial charge in [0.2, 0.25) is 11.8 Å². The van der Waals surface area contributed by atoms with Crippen molar-refractivity contribution in [1.82, 2.24) is 10.6 Å². The van der Waals surface area contributed by atoms with Gasteiger partial charge in [0.1, 0.15) is 26.7 Å². The van der Waals surface area contributed by atoms with E-state index in [9.17, 15) is 26.8 Å². The summed E-state index contributed by atoms with van der Waals surface area (Å²) in [7, 11) is -1.61. The number of furan rings is 1.